The first-order valence-corrected chi connectivity index (χ1v) is 8.70. The van der Waals surface area contributed by atoms with E-state index in [1.54, 1.807) is 0 Å². The first kappa shape index (κ1) is 14.7. The molecular formula is C15H19N3OS2. The van der Waals surface area contributed by atoms with Crippen molar-refractivity contribution in [2.45, 2.75) is 32.9 Å². The predicted octanol–water partition coefficient (Wildman–Crippen LogP) is 2.84. The van der Waals surface area contributed by atoms with E-state index in [0.717, 1.165) is 19.5 Å². The highest BCUT2D eigenvalue weighted by atomic mass is 32.1. The van der Waals surface area contributed by atoms with E-state index in [1.165, 1.54) is 32.2 Å². The third-order valence-corrected chi connectivity index (χ3v) is 6.24. The summed E-state index contributed by atoms with van der Waals surface area (Å²) in [6, 6.07) is 4.65. The molecule has 0 saturated carbocycles. The Morgan fingerprint density at radius 1 is 1.57 bits per heavy atom. The van der Waals surface area contributed by atoms with Crippen molar-refractivity contribution in [1.29, 1.82) is 0 Å². The number of hydrazine groups is 1. The van der Waals surface area contributed by atoms with Crippen molar-refractivity contribution in [2.75, 3.05) is 6.54 Å². The zero-order valence-corrected chi connectivity index (χ0v) is 13.8. The van der Waals surface area contributed by atoms with Crippen LogP contribution in [0.25, 0.3) is 0 Å². The van der Waals surface area contributed by atoms with Gasteiger partial charge in [-0.2, -0.15) is 0 Å². The molecule has 3 heterocycles. The van der Waals surface area contributed by atoms with Gasteiger partial charge < -0.3 is 0 Å². The minimum Gasteiger partial charge on any atom is -0.292 e. The Bertz CT molecular complexity index is 662. The van der Waals surface area contributed by atoms with Crippen LogP contribution in [0.5, 0.6) is 0 Å². The third kappa shape index (κ3) is 2.76. The quantitative estimate of drug-likeness (QED) is 0.519. The van der Waals surface area contributed by atoms with Crippen LogP contribution in [-0.2, 0) is 13.0 Å². The van der Waals surface area contributed by atoms with Gasteiger partial charge in [0.05, 0.1) is 4.88 Å². The van der Waals surface area contributed by atoms with Gasteiger partial charge in [0.25, 0.3) is 5.91 Å². The summed E-state index contributed by atoms with van der Waals surface area (Å²) in [6.45, 7) is 6.29. The average Bonchev–Trinajstić information content (AvgIpc) is 3.09. The maximum atomic E-state index is 11.6. The Morgan fingerprint density at radius 2 is 2.38 bits per heavy atom. The zero-order valence-electron chi connectivity index (χ0n) is 12.2. The molecular weight excluding hydrogens is 302 g/mol. The van der Waals surface area contributed by atoms with Crippen LogP contribution < -0.4 is 11.3 Å². The summed E-state index contributed by atoms with van der Waals surface area (Å²) in [5.41, 5.74) is 4.89. The maximum Gasteiger partial charge on any atom is 0.275 e. The molecule has 0 aromatic carbocycles. The van der Waals surface area contributed by atoms with Gasteiger partial charge in [-0.25, -0.2) is 5.84 Å². The lowest BCUT2D eigenvalue weighted by Crippen LogP contribution is -2.32. The Hall–Kier alpha value is -1.21. The number of hydrogen-bond acceptors (Lipinski definition) is 5. The molecule has 0 aliphatic carbocycles. The second-order valence-electron chi connectivity index (χ2n) is 5.36. The number of nitrogens with two attached hydrogens (primary N) is 1. The highest BCUT2D eigenvalue weighted by Gasteiger charge is 2.25. The summed E-state index contributed by atoms with van der Waals surface area (Å²) in [6.07, 6.45) is 1.12. The van der Waals surface area contributed by atoms with E-state index in [1.807, 2.05) is 17.4 Å². The molecule has 0 fully saturated rings. The normalized spacial score (nSPS) is 18.5. The van der Waals surface area contributed by atoms with E-state index in [2.05, 4.69) is 35.6 Å². The van der Waals surface area contributed by atoms with E-state index in [9.17, 15) is 4.79 Å². The van der Waals surface area contributed by atoms with Gasteiger partial charge in [0.1, 0.15) is 0 Å². The first-order valence-electron chi connectivity index (χ1n) is 7.00. The fourth-order valence-corrected chi connectivity index (χ4v) is 4.76. The molecule has 1 amide bonds. The van der Waals surface area contributed by atoms with Crippen LogP contribution in [0.4, 0.5) is 0 Å². The summed E-state index contributed by atoms with van der Waals surface area (Å²) in [5.74, 6) is 5.00. The van der Waals surface area contributed by atoms with E-state index < -0.39 is 0 Å². The number of fused-ring (bicyclic) bond motifs is 1. The molecule has 6 heteroatoms. The van der Waals surface area contributed by atoms with Gasteiger partial charge in [-0.3, -0.25) is 15.1 Å². The summed E-state index contributed by atoms with van der Waals surface area (Å²) < 4.78 is 0. The fourth-order valence-electron chi connectivity index (χ4n) is 2.86. The van der Waals surface area contributed by atoms with E-state index in [-0.39, 0.29) is 5.91 Å². The van der Waals surface area contributed by atoms with Crippen molar-refractivity contribution < 1.29 is 4.79 Å². The third-order valence-electron chi connectivity index (χ3n) is 4.15. The lowest BCUT2D eigenvalue weighted by atomic mass is 10.0. The number of nitrogens with zero attached hydrogens (tertiary/aromatic N) is 1. The molecule has 3 rings (SSSR count). The van der Waals surface area contributed by atoms with Gasteiger partial charge in [0.15, 0.2) is 0 Å². The number of rotatable bonds is 3. The summed E-state index contributed by atoms with van der Waals surface area (Å²) in [4.78, 5) is 17.5. The molecule has 112 valence electrons. The van der Waals surface area contributed by atoms with Crippen molar-refractivity contribution in [3.05, 3.63) is 43.3 Å². The molecule has 3 N–H and O–H groups in total. The second kappa shape index (κ2) is 5.88. The highest BCUT2D eigenvalue weighted by molar-refractivity contribution is 7.14. The highest BCUT2D eigenvalue weighted by Crippen LogP contribution is 2.34. The van der Waals surface area contributed by atoms with Crippen LogP contribution in [0.1, 0.15) is 43.5 Å². The van der Waals surface area contributed by atoms with Crippen LogP contribution in [0.3, 0.4) is 0 Å². The van der Waals surface area contributed by atoms with Crippen molar-refractivity contribution in [2.24, 2.45) is 5.84 Å². The molecule has 1 aliphatic heterocycles. The molecule has 4 nitrogen and oxygen atoms in total. The standard InChI is InChI=1S/C15H19N3OS2/c1-9-12-4-6-20-13(12)3-5-18(9)8-11-7-14(15(19)17-16)21-10(11)2/h4,6-7,9H,3,5,8,16H2,1-2H3,(H,17,19). The molecule has 1 unspecified atom stereocenters. The number of carbonyl (C=O) groups is 1. The minimum atomic E-state index is -0.207. The van der Waals surface area contributed by atoms with Gasteiger partial charge in [-0.05, 0) is 48.9 Å². The molecule has 0 radical (unpaired) electrons. The average molecular weight is 321 g/mol. The largest absolute Gasteiger partial charge is 0.292 e. The molecule has 0 bridgehead atoms. The minimum absolute atomic E-state index is 0.207. The fraction of sp³-hybridized carbons (Fsp3) is 0.400. The summed E-state index contributed by atoms with van der Waals surface area (Å²) >= 11 is 3.37. The smallest absolute Gasteiger partial charge is 0.275 e. The topological polar surface area (TPSA) is 58.4 Å². The number of nitrogens with one attached hydrogen (secondary N) is 1. The van der Waals surface area contributed by atoms with Gasteiger partial charge in [0, 0.05) is 28.9 Å². The lowest BCUT2D eigenvalue weighted by molar-refractivity contribution is 0.0957. The number of aryl methyl sites for hydroxylation is 1. The van der Waals surface area contributed by atoms with Crippen LogP contribution in [-0.4, -0.2) is 17.4 Å². The SMILES string of the molecule is Cc1sc(C(=O)NN)cc1CN1CCc2sccc2C1C. The van der Waals surface area contributed by atoms with E-state index in [4.69, 9.17) is 5.84 Å². The van der Waals surface area contributed by atoms with Gasteiger partial charge in [-0.1, -0.05) is 0 Å². The number of carbonyl (C=O) groups excluding carboxylic acids is 1. The van der Waals surface area contributed by atoms with Crippen LogP contribution in [0.2, 0.25) is 0 Å². The molecule has 2 aromatic heterocycles. The maximum absolute atomic E-state index is 11.6. The summed E-state index contributed by atoms with van der Waals surface area (Å²) in [5, 5.41) is 2.18. The Morgan fingerprint density at radius 3 is 3.14 bits per heavy atom. The van der Waals surface area contributed by atoms with Crippen LogP contribution in [0, 0.1) is 6.92 Å². The van der Waals surface area contributed by atoms with Gasteiger partial charge in [0.2, 0.25) is 0 Å². The predicted molar refractivity (Wildman–Crippen MR) is 87.6 cm³/mol. The van der Waals surface area contributed by atoms with Crippen LogP contribution >= 0.6 is 22.7 Å². The molecule has 1 atom stereocenters. The van der Waals surface area contributed by atoms with Gasteiger partial charge >= 0.3 is 0 Å². The van der Waals surface area contributed by atoms with E-state index >= 15 is 0 Å². The van der Waals surface area contributed by atoms with Crippen molar-refractivity contribution in [3.8, 4) is 0 Å². The molecule has 0 spiro atoms. The molecule has 0 saturated heterocycles. The lowest BCUT2D eigenvalue weighted by Gasteiger charge is -2.33. The monoisotopic (exact) mass is 321 g/mol. The van der Waals surface area contributed by atoms with E-state index in [0.29, 0.717) is 10.9 Å². The first-order chi connectivity index (χ1) is 10.1. The van der Waals surface area contributed by atoms with Crippen molar-refractivity contribution in [3.63, 3.8) is 0 Å². The van der Waals surface area contributed by atoms with Gasteiger partial charge in [-0.15, -0.1) is 22.7 Å². The Balaban J connectivity index is 1.79. The molecule has 21 heavy (non-hydrogen) atoms. The number of nitrogen functional groups attached to an aromatic ring is 1. The Kier molecular flexibility index (Phi) is 4.12. The molecule has 1 aliphatic rings. The number of thiophene rings is 2. The van der Waals surface area contributed by atoms with Crippen LogP contribution in [0.15, 0.2) is 17.5 Å². The number of amides is 1. The second-order valence-corrected chi connectivity index (χ2v) is 7.62. The number of hydrogen-bond donors (Lipinski definition) is 2. The zero-order chi connectivity index (χ0) is 15.0. The molecule has 2 aromatic rings. The van der Waals surface area contributed by atoms with Crippen molar-refractivity contribution in [1.82, 2.24) is 10.3 Å². The summed E-state index contributed by atoms with van der Waals surface area (Å²) in [7, 11) is 0. The van der Waals surface area contributed by atoms with Crippen molar-refractivity contribution >= 4 is 28.6 Å². The Labute approximate surface area is 132 Å².